The van der Waals surface area contributed by atoms with Crippen LogP contribution in [0.25, 0.3) is 0 Å². The fourth-order valence-corrected chi connectivity index (χ4v) is 2.78. The van der Waals surface area contributed by atoms with Gasteiger partial charge < -0.3 is 15.2 Å². The zero-order valence-corrected chi connectivity index (χ0v) is 15.8. The van der Waals surface area contributed by atoms with Crippen molar-refractivity contribution in [3.63, 3.8) is 0 Å². The SMILES string of the molecule is COc1cc(/C=N\NC(N)=O)cc(I)c1OCc1ccc([N+](=O)[O-])cc1. The second-order valence-corrected chi connectivity index (χ2v) is 6.14. The minimum absolute atomic E-state index is 0.0223. The molecular formula is C16H15IN4O5. The number of methoxy groups -OCH3 is 1. The van der Waals surface area contributed by atoms with E-state index in [-0.39, 0.29) is 12.3 Å². The molecular weight excluding hydrogens is 455 g/mol. The lowest BCUT2D eigenvalue weighted by atomic mass is 10.2. The Hall–Kier alpha value is -2.89. The molecule has 0 heterocycles. The Bertz CT molecular complexity index is 839. The van der Waals surface area contributed by atoms with E-state index in [0.717, 1.165) is 9.13 Å². The van der Waals surface area contributed by atoms with Crippen LogP contribution in [0.2, 0.25) is 0 Å². The number of hydrogen-bond donors (Lipinski definition) is 2. The monoisotopic (exact) mass is 470 g/mol. The molecule has 0 spiro atoms. The van der Waals surface area contributed by atoms with Crippen LogP contribution in [0.1, 0.15) is 11.1 Å². The lowest BCUT2D eigenvalue weighted by Crippen LogP contribution is -2.24. The Morgan fingerprint density at radius 3 is 2.65 bits per heavy atom. The molecule has 0 bridgehead atoms. The number of nitro benzene ring substituents is 1. The molecule has 0 aliphatic carbocycles. The Morgan fingerprint density at radius 1 is 1.38 bits per heavy atom. The van der Waals surface area contributed by atoms with Gasteiger partial charge in [0.25, 0.3) is 5.69 Å². The molecule has 10 heteroatoms. The number of nitro groups is 1. The van der Waals surface area contributed by atoms with E-state index in [4.69, 9.17) is 15.2 Å². The smallest absolute Gasteiger partial charge is 0.332 e. The number of halogens is 1. The normalized spacial score (nSPS) is 10.5. The van der Waals surface area contributed by atoms with Gasteiger partial charge in [-0.15, -0.1) is 0 Å². The lowest BCUT2D eigenvalue weighted by Gasteiger charge is -2.13. The summed E-state index contributed by atoms with van der Waals surface area (Å²) in [6, 6.07) is 8.84. The lowest BCUT2D eigenvalue weighted by molar-refractivity contribution is -0.384. The van der Waals surface area contributed by atoms with Crippen LogP contribution in [0.3, 0.4) is 0 Å². The summed E-state index contributed by atoms with van der Waals surface area (Å²) >= 11 is 2.09. The number of rotatable bonds is 7. The molecule has 0 aliphatic rings. The molecule has 0 atom stereocenters. The van der Waals surface area contributed by atoms with E-state index < -0.39 is 11.0 Å². The standard InChI is InChI=1S/C16H15IN4O5/c1-25-14-7-11(8-19-20-16(18)22)6-13(17)15(14)26-9-10-2-4-12(5-3-10)21(23)24/h2-8H,9H2,1H3,(H3,18,20,22)/b19-8-. The van der Waals surface area contributed by atoms with Crippen LogP contribution in [0.4, 0.5) is 10.5 Å². The van der Waals surface area contributed by atoms with Crippen LogP contribution in [0.15, 0.2) is 41.5 Å². The van der Waals surface area contributed by atoms with E-state index in [1.54, 1.807) is 24.3 Å². The van der Waals surface area contributed by atoms with E-state index >= 15 is 0 Å². The maximum absolute atomic E-state index is 10.7. The number of hydrogen-bond acceptors (Lipinski definition) is 6. The molecule has 2 aromatic carbocycles. The maximum Gasteiger partial charge on any atom is 0.332 e. The van der Waals surface area contributed by atoms with Gasteiger partial charge in [0, 0.05) is 12.1 Å². The van der Waals surface area contributed by atoms with Crippen molar-refractivity contribution >= 4 is 40.5 Å². The molecule has 2 rings (SSSR count). The first-order valence-electron chi connectivity index (χ1n) is 7.23. The number of nitrogens with one attached hydrogen (secondary N) is 1. The highest BCUT2D eigenvalue weighted by Crippen LogP contribution is 2.34. The quantitative estimate of drug-likeness (QED) is 0.278. The van der Waals surface area contributed by atoms with Gasteiger partial charge in [-0.3, -0.25) is 10.1 Å². The van der Waals surface area contributed by atoms with Crippen LogP contribution in [-0.4, -0.2) is 24.3 Å². The summed E-state index contributed by atoms with van der Waals surface area (Å²) < 4.78 is 11.9. The van der Waals surface area contributed by atoms with Gasteiger partial charge in [0.15, 0.2) is 11.5 Å². The van der Waals surface area contributed by atoms with Crippen molar-refractivity contribution in [1.29, 1.82) is 0 Å². The summed E-state index contributed by atoms with van der Waals surface area (Å²) in [7, 11) is 1.51. The number of benzene rings is 2. The molecule has 9 nitrogen and oxygen atoms in total. The molecule has 3 N–H and O–H groups in total. The minimum atomic E-state index is -0.758. The molecule has 136 valence electrons. The molecule has 0 saturated carbocycles. The first-order chi connectivity index (χ1) is 12.4. The van der Waals surface area contributed by atoms with Crippen molar-refractivity contribution in [3.8, 4) is 11.5 Å². The topological polar surface area (TPSA) is 129 Å². The summed E-state index contributed by atoms with van der Waals surface area (Å²) in [5.74, 6) is 1.02. The van der Waals surface area contributed by atoms with Crippen LogP contribution in [-0.2, 0) is 6.61 Å². The zero-order chi connectivity index (χ0) is 19.1. The Morgan fingerprint density at radius 2 is 2.08 bits per heavy atom. The highest BCUT2D eigenvalue weighted by molar-refractivity contribution is 14.1. The van der Waals surface area contributed by atoms with Gasteiger partial charge >= 0.3 is 6.03 Å². The maximum atomic E-state index is 10.7. The highest BCUT2D eigenvalue weighted by atomic mass is 127. The fraction of sp³-hybridized carbons (Fsp3) is 0.125. The third-order valence-corrected chi connectivity index (χ3v) is 3.97. The van der Waals surface area contributed by atoms with E-state index in [1.807, 2.05) is 0 Å². The van der Waals surface area contributed by atoms with E-state index in [0.29, 0.717) is 17.1 Å². The highest BCUT2D eigenvalue weighted by Gasteiger charge is 2.12. The number of nitrogens with zero attached hydrogens (tertiary/aromatic N) is 2. The first-order valence-corrected chi connectivity index (χ1v) is 8.30. The molecule has 0 fully saturated rings. The number of amides is 2. The Kier molecular flexibility index (Phi) is 6.72. The Balaban J connectivity index is 2.14. The van der Waals surface area contributed by atoms with Crippen LogP contribution < -0.4 is 20.6 Å². The fourth-order valence-electron chi connectivity index (χ4n) is 1.99. The van der Waals surface area contributed by atoms with Gasteiger partial charge in [-0.25, -0.2) is 10.2 Å². The van der Waals surface area contributed by atoms with Crippen molar-refractivity contribution in [1.82, 2.24) is 5.43 Å². The third kappa shape index (κ3) is 5.31. The predicted molar refractivity (Wildman–Crippen MR) is 103 cm³/mol. The molecule has 26 heavy (non-hydrogen) atoms. The number of non-ortho nitro benzene ring substituents is 1. The summed E-state index contributed by atoms with van der Waals surface area (Å²) in [5.41, 5.74) is 8.54. The second kappa shape index (κ2) is 8.99. The molecule has 2 amide bonds. The van der Waals surface area contributed by atoms with Crippen molar-refractivity contribution in [2.75, 3.05) is 7.11 Å². The van der Waals surface area contributed by atoms with Gasteiger partial charge in [-0.1, -0.05) is 0 Å². The van der Waals surface area contributed by atoms with Gasteiger partial charge in [-0.05, 0) is 58.0 Å². The summed E-state index contributed by atoms with van der Waals surface area (Å²) in [6.07, 6.45) is 1.43. The molecule has 0 aliphatic heterocycles. The summed E-state index contributed by atoms with van der Waals surface area (Å²) in [5, 5.41) is 14.4. The van der Waals surface area contributed by atoms with Crippen molar-refractivity contribution in [2.45, 2.75) is 6.61 Å². The number of primary amides is 1. The van der Waals surface area contributed by atoms with Crippen molar-refractivity contribution in [3.05, 3.63) is 61.2 Å². The van der Waals surface area contributed by atoms with E-state index in [9.17, 15) is 14.9 Å². The average molecular weight is 470 g/mol. The van der Waals surface area contributed by atoms with Gasteiger partial charge in [-0.2, -0.15) is 5.10 Å². The van der Waals surface area contributed by atoms with Crippen molar-refractivity contribution < 1.29 is 19.2 Å². The molecule has 0 aromatic heterocycles. The van der Waals surface area contributed by atoms with Gasteiger partial charge in [0.1, 0.15) is 6.61 Å². The van der Waals surface area contributed by atoms with Crippen LogP contribution in [0.5, 0.6) is 11.5 Å². The van der Waals surface area contributed by atoms with Gasteiger partial charge in [0.2, 0.25) is 0 Å². The van der Waals surface area contributed by atoms with Crippen LogP contribution in [0, 0.1) is 13.7 Å². The Labute approximate surface area is 162 Å². The number of carbonyl (C=O) groups is 1. The molecule has 2 aromatic rings. The van der Waals surface area contributed by atoms with E-state index in [1.165, 1.54) is 25.5 Å². The van der Waals surface area contributed by atoms with Crippen molar-refractivity contribution in [2.24, 2.45) is 10.8 Å². The molecule has 0 saturated heterocycles. The van der Waals surface area contributed by atoms with Crippen LogP contribution >= 0.6 is 22.6 Å². The zero-order valence-electron chi connectivity index (χ0n) is 13.6. The molecule has 0 radical (unpaired) electrons. The second-order valence-electron chi connectivity index (χ2n) is 4.98. The largest absolute Gasteiger partial charge is 0.493 e. The number of nitrogens with two attached hydrogens (primary N) is 1. The predicted octanol–water partition coefficient (Wildman–Crippen LogP) is 2.79. The summed E-state index contributed by atoms with van der Waals surface area (Å²) in [4.78, 5) is 20.9. The minimum Gasteiger partial charge on any atom is -0.493 e. The average Bonchev–Trinajstić information content (AvgIpc) is 2.60. The third-order valence-electron chi connectivity index (χ3n) is 3.17. The number of ether oxygens (including phenoxy) is 2. The first kappa shape index (κ1) is 19.4. The van der Waals surface area contributed by atoms with E-state index in [2.05, 4.69) is 33.1 Å². The number of hydrazone groups is 1. The number of urea groups is 1. The van der Waals surface area contributed by atoms with Gasteiger partial charge in [0.05, 0.1) is 21.8 Å². The number of carbonyl (C=O) groups excluding carboxylic acids is 1. The molecule has 0 unspecified atom stereocenters. The summed E-state index contributed by atoms with van der Waals surface area (Å²) in [6.45, 7) is 0.223.